The van der Waals surface area contributed by atoms with Gasteiger partial charge in [-0.2, -0.15) is 0 Å². The quantitative estimate of drug-likeness (QED) is 0.837. The van der Waals surface area contributed by atoms with Gasteiger partial charge in [0.25, 0.3) is 0 Å². The third-order valence-electron chi connectivity index (χ3n) is 4.48. The molecule has 2 aromatic carbocycles. The number of rotatable bonds is 2. The van der Waals surface area contributed by atoms with Gasteiger partial charge in [-0.25, -0.2) is 0 Å². The van der Waals surface area contributed by atoms with Gasteiger partial charge in [-0.3, -0.25) is 4.79 Å². The van der Waals surface area contributed by atoms with Crippen LogP contribution in [0.25, 0.3) is 11.1 Å². The molecule has 1 aliphatic rings. The van der Waals surface area contributed by atoms with E-state index < -0.39 is 0 Å². The molecule has 0 unspecified atom stereocenters. The molecule has 130 valence electrons. The lowest BCUT2D eigenvalue weighted by molar-refractivity contribution is -0.128. The number of nitrogens with zero attached hydrogens (tertiary/aromatic N) is 2. The first kappa shape index (κ1) is 17.4. The van der Waals surface area contributed by atoms with E-state index in [0.29, 0.717) is 5.11 Å². The lowest BCUT2D eigenvalue weighted by atomic mass is 10.0. The number of nitrogens with one attached hydrogen (secondary N) is 1. The van der Waals surface area contributed by atoms with Crippen molar-refractivity contribution >= 4 is 28.9 Å². The summed E-state index contributed by atoms with van der Waals surface area (Å²) in [5.41, 5.74) is 3.30. The minimum atomic E-state index is 0.134. The highest BCUT2D eigenvalue weighted by molar-refractivity contribution is 7.80. The van der Waals surface area contributed by atoms with Crippen molar-refractivity contribution in [1.29, 1.82) is 0 Å². The lowest BCUT2D eigenvalue weighted by Gasteiger charge is -2.25. The summed E-state index contributed by atoms with van der Waals surface area (Å²) in [6, 6.07) is 18.5. The molecule has 4 nitrogen and oxygen atoms in total. The fourth-order valence-electron chi connectivity index (χ4n) is 3.09. The number of para-hydroxylation sites is 1. The largest absolute Gasteiger partial charge is 0.347 e. The van der Waals surface area contributed by atoms with Crippen LogP contribution in [0.4, 0.5) is 5.69 Å². The molecule has 25 heavy (non-hydrogen) atoms. The number of carbonyl (C=O) groups excluding carboxylic acids is 1. The molecule has 0 spiro atoms. The van der Waals surface area contributed by atoms with Gasteiger partial charge in [-0.15, -0.1) is 0 Å². The molecule has 1 fully saturated rings. The average molecular weight is 353 g/mol. The van der Waals surface area contributed by atoms with Gasteiger partial charge in [0.05, 0.1) is 0 Å². The number of thiocarbonyl (C=S) groups is 1. The Labute approximate surface area is 154 Å². The Hall–Kier alpha value is -2.40. The number of amides is 1. The first-order valence-corrected chi connectivity index (χ1v) is 9.02. The van der Waals surface area contributed by atoms with Crippen LogP contribution in [0.3, 0.4) is 0 Å². The van der Waals surface area contributed by atoms with Crippen LogP contribution in [0.1, 0.15) is 13.3 Å². The molecule has 0 atom stereocenters. The van der Waals surface area contributed by atoms with Gasteiger partial charge in [0, 0.05) is 44.4 Å². The molecule has 0 bridgehead atoms. The van der Waals surface area contributed by atoms with Crippen molar-refractivity contribution in [1.82, 2.24) is 9.80 Å². The van der Waals surface area contributed by atoms with Crippen LogP contribution >= 0.6 is 12.2 Å². The smallest absolute Gasteiger partial charge is 0.219 e. The van der Waals surface area contributed by atoms with Gasteiger partial charge in [0.2, 0.25) is 5.91 Å². The highest BCUT2D eigenvalue weighted by atomic mass is 32.1. The summed E-state index contributed by atoms with van der Waals surface area (Å²) in [6.45, 7) is 4.77. The first-order chi connectivity index (χ1) is 12.1. The predicted molar refractivity (Wildman–Crippen MR) is 107 cm³/mol. The molecular formula is C20H23N3OS. The Morgan fingerprint density at radius 2 is 1.56 bits per heavy atom. The van der Waals surface area contributed by atoms with Gasteiger partial charge >= 0.3 is 0 Å². The molecule has 1 saturated heterocycles. The standard InChI is InChI=1S/C20H23N3OS/c1-16(24)22-12-7-13-23(15-14-22)20(25)21-19-11-6-5-10-18(19)17-8-3-2-4-9-17/h2-6,8-11H,7,12-15H2,1H3,(H,21,25). The average Bonchev–Trinajstić information content (AvgIpc) is 2.89. The van der Waals surface area contributed by atoms with E-state index in [1.54, 1.807) is 6.92 Å². The molecule has 2 aromatic rings. The van der Waals surface area contributed by atoms with Crippen molar-refractivity contribution in [3.8, 4) is 11.1 Å². The zero-order valence-corrected chi connectivity index (χ0v) is 15.3. The molecule has 1 amide bonds. The van der Waals surface area contributed by atoms with E-state index in [9.17, 15) is 4.79 Å². The van der Waals surface area contributed by atoms with E-state index in [4.69, 9.17) is 12.2 Å². The Morgan fingerprint density at radius 3 is 2.32 bits per heavy atom. The minimum Gasteiger partial charge on any atom is -0.347 e. The van der Waals surface area contributed by atoms with Crippen LogP contribution in [-0.4, -0.2) is 47.0 Å². The summed E-state index contributed by atoms with van der Waals surface area (Å²) < 4.78 is 0. The number of carbonyl (C=O) groups is 1. The Kier molecular flexibility index (Phi) is 5.66. The summed E-state index contributed by atoms with van der Waals surface area (Å²) in [7, 11) is 0. The Bertz CT molecular complexity index is 748. The maximum Gasteiger partial charge on any atom is 0.219 e. The van der Waals surface area contributed by atoms with Gasteiger partial charge in [0.1, 0.15) is 0 Å². The SMILES string of the molecule is CC(=O)N1CCCN(C(=S)Nc2ccccc2-c2ccccc2)CC1. The van der Waals surface area contributed by atoms with E-state index in [1.807, 2.05) is 41.3 Å². The molecule has 1 heterocycles. The third-order valence-corrected chi connectivity index (χ3v) is 4.84. The maximum atomic E-state index is 11.6. The third kappa shape index (κ3) is 4.37. The van der Waals surface area contributed by atoms with Crippen LogP contribution in [-0.2, 0) is 4.79 Å². The molecule has 0 saturated carbocycles. The Morgan fingerprint density at radius 1 is 0.920 bits per heavy atom. The van der Waals surface area contributed by atoms with Crippen molar-refractivity contribution < 1.29 is 4.79 Å². The van der Waals surface area contributed by atoms with Crippen LogP contribution in [0.15, 0.2) is 54.6 Å². The molecule has 1 aliphatic heterocycles. The maximum absolute atomic E-state index is 11.6. The van der Waals surface area contributed by atoms with E-state index in [-0.39, 0.29) is 5.91 Å². The zero-order chi connectivity index (χ0) is 17.6. The summed E-state index contributed by atoms with van der Waals surface area (Å²) >= 11 is 5.64. The zero-order valence-electron chi connectivity index (χ0n) is 14.4. The topological polar surface area (TPSA) is 35.6 Å². The van der Waals surface area contributed by atoms with Crippen molar-refractivity contribution in [2.24, 2.45) is 0 Å². The second-order valence-electron chi connectivity index (χ2n) is 6.19. The van der Waals surface area contributed by atoms with Crippen molar-refractivity contribution in [3.63, 3.8) is 0 Å². The number of anilines is 1. The molecule has 0 radical (unpaired) electrons. The molecular weight excluding hydrogens is 330 g/mol. The fourth-order valence-corrected chi connectivity index (χ4v) is 3.38. The van der Waals surface area contributed by atoms with Crippen molar-refractivity contribution in [3.05, 3.63) is 54.6 Å². The van der Waals surface area contributed by atoms with Gasteiger partial charge in [0.15, 0.2) is 5.11 Å². The predicted octanol–water partition coefficient (Wildman–Crippen LogP) is 3.60. The first-order valence-electron chi connectivity index (χ1n) is 8.61. The molecule has 5 heteroatoms. The fraction of sp³-hybridized carbons (Fsp3) is 0.300. The van der Waals surface area contributed by atoms with Gasteiger partial charge in [-0.05, 0) is 30.3 Å². The summed E-state index contributed by atoms with van der Waals surface area (Å²) in [4.78, 5) is 15.6. The highest BCUT2D eigenvalue weighted by Gasteiger charge is 2.18. The van der Waals surface area contributed by atoms with Crippen molar-refractivity contribution in [2.45, 2.75) is 13.3 Å². The van der Waals surface area contributed by atoms with Gasteiger partial charge < -0.3 is 15.1 Å². The number of hydrogen-bond donors (Lipinski definition) is 1. The van der Waals surface area contributed by atoms with E-state index in [0.717, 1.165) is 49.4 Å². The molecule has 1 N–H and O–H groups in total. The monoisotopic (exact) mass is 353 g/mol. The van der Waals surface area contributed by atoms with Crippen LogP contribution in [0.2, 0.25) is 0 Å². The summed E-state index contributed by atoms with van der Waals surface area (Å²) in [5.74, 6) is 0.134. The Balaban J connectivity index is 1.73. The number of hydrogen-bond acceptors (Lipinski definition) is 2. The van der Waals surface area contributed by atoms with E-state index in [1.165, 1.54) is 0 Å². The summed E-state index contributed by atoms with van der Waals surface area (Å²) in [5, 5.41) is 4.12. The second-order valence-corrected chi connectivity index (χ2v) is 6.58. The van der Waals surface area contributed by atoms with Crippen LogP contribution in [0.5, 0.6) is 0 Å². The van der Waals surface area contributed by atoms with E-state index >= 15 is 0 Å². The normalized spacial score (nSPS) is 14.8. The molecule has 0 aromatic heterocycles. The second kappa shape index (κ2) is 8.12. The van der Waals surface area contributed by atoms with Crippen LogP contribution < -0.4 is 5.32 Å². The highest BCUT2D eigenvalue weighted by Crippen LogP contribution is 2.27. The van der Waals surface area contributed by atoms with Gasteiger partial charge in [-0.1, -0.05) is 48.5 Å². The molecule has 0 aliphatic carbocycles. The molecule has 3 rings (SSSR count). The summed E-state index contributed by atoms with van der Waals surface area (Å²) in [6.07, 6.45) is 0.932. The lowest BCUT2D eigenvalue weighted by Crippen LogP contribution is -2.38. The minimum absolute atomic E-state index is 0.134. The van der Waals surface area contributed by atoms with Crippen molar-refractivity contribution in [2.75, 3.05) is 31.5 Å². The van der Waals surface area contributed by atoms with Crippen LogP contribution in [0, 0.1) is 0 Å². The number of benzene rings is 2. The van der Waals surface area contributed by atoms with E-state index in [2.05, 4.69) is 28.4 Å².